The Kier molecular flexibility index (Phi) is 2.78. The summed E-state index contributed by atoms with van der Waals surface area (Å²) in [6, 6.07) is 11.0. The lowest BCUT2D eigenvalue weighted by atomic mass is 9.67. The number of thiol groups is 1. The van der Waals surface area contributed by atoms with Crippen LogP contribution in [0, 0.1) is 6.92 Å². The van der Waals surface area contributed by atoms with E-state index in [0.29, 0.717) is 5.92 Å². The molecule has 0 amide bonds. The summed E-state index contributed by atoms with van der Waals surface area (Å²) in [6.45, 7) is 6.70. The molecule has 0 nitrogen and oxygen atoms in total. The van der Waals surface area contributed by atoms with E-state index in [1.807, 2.05) is 0 Å². The molecule has 2 aromatic carbocycles. The second-order valence-corrected chi connectivity index (χ2v) is 5.92. The molecule has 0 atom stereocenters. The van der Waals surface area contributed by atoms with Gasteiger partial charge >= 0.3 is 0 Å². The minimum atomic E-state index is 0.534. The van der Waals surface area contributed by atoms with Crippen LogP contribution in [0.2, 0.25) is 0 Å². The third kappa shape index (κ3) is 1.63. The first-order valence-corrected chi connectivity index (χ1v) is 6.98. The number of fused-ring (bicyclic) bond motifs is 3. The summed E-state index contributed by atoms with van der Waals surface area (Å²) < 4.78 is 0. The summed E-state index contributed by atoms with van der Waals surface area (Å²) in [5.41, 5.74) is 8.39. The van der Waals surface area contributed by atoms with Crippen molar-refractivity contribution in [3.8, 4) is 11.1 Å². The van der Waals surface area contributed by atoms with E-state index in [1.165, 1.54) is 38.1 Å². The Hall–Kier alpha value is -1.15. The van der Waals surface area contributed by atoms with Crippen molar-refractivity contribution < 1.29 is 0 Å². The SMILES string of the molecule is Cc1cc2c(c(S)c1C(C)C)Bc1ccccc1-2. The normalized spacial score (nSPS) is 12.3. The third-order valence-electron chi connectivity index (χ3n) is 3.90. The van der Waals surface area contributed by atoms with E-state index in [2.05, 4.69) is 51.1 Å². The highest BCUT2D eigenvalue weighted by atomic mass is 32.1. The topological polar surface area (TPSA) is 0 Å². The number of aryl methyl sites for hydroxylation is 1. The molecule has 0 unspecified atom stereocenters. The molecule has 0 radical (unpaired) electrons. The Balaban J connectivity index is 2.28. The van der Waals surface area contributed by atoms with Crippen molar-refractivity contribution in [1.29, 1.82) is 0 Å². The fraction of sp³-hybridized carbons (Fsp3) is 0.250. The molecule has 90 valence electrons. The first kappa shape index (κ1) is 11.9. The predicted octanol–water partition coefficient (Wildman–Crippen LogP) is 2.77. The lowest BCUT2D eigenvalue weighted by Crippen LogP contribution is -2.23. The maximum Gasteiger partial charge on any atom is 0.195 e. The van der Waals surface area contributed by atoms with E-state index in [1.54, 1.807) is 0 Å². The van der Waals surface area contributed by atoms with Crippen LogP contribution in [0.25, 0.3) is 11.1 Å². The second-order valence-electron chi connectivity index (χ2n) is 5.47. The van der Waals surface area contributed by atoms with E-state index in [0.717, 1.165) is 7.28 Å². The maximum atomic E-state index is 4.81. The van der Waals surface area contributed by atoms with Crippen molar-refractivity contribution in [3.05, 3.63) is 41.5 Å². The highest BCUT2D eigenvalue weighted by Gasteiger charge is 2.24. The van der Waals surface area contributed by atoms with Gasteiger partial charge in [0.1, 0.15) is 0 Å². The van der Waals surface area contributed by atoms with Gasteiger partial charge in [-0.25, -0.2) is 0 Å². The number of benzene rings is 2. The van der Waals surface area contributed by atoms with Crippen LogP contribution < -0.4 is 10.9 Å². The van der Waals surface area contributed by atoms with Crippen molar-refractivity contribution in [2.45, 2.75) is 31.6 Å². The van der Waals surface area contributed by atoms with Crippen molar-refractivity contribution in [3.63, 3.8) is 0 Å². The van der Waals surface area contributed by atoms with E-state index < -0.39 is 0 Å². The lowest BCUT2D eigenvalue weighted by Gasteiger charge is -2.17. The Morgan fingerprint density at radius 3 is 2.56 bits per heavy atom. The van der Waals surface area contributed by atoms with E-state index >= 15 is 0 Å². The van der Waals surface area contributed by atoms with Crippen LogP contribution in [0.3, 0.4) is 0 Å². The second kappa shape index (κ2) is 4.20. The van der Waals surface area contributed by atoms with Gasteiger partial charge in [-0.2, -0.15) is 0 Å². The lowest BCUT2D eigenvalue weighted by molar-refractivity contribution is 0.836. The molecule has 0 saturated heterocycles. The van der Waals surface area contributed by atoms with Gasteiger partial charge < -0.3 is 0 Å². The minimum absolute atomic E-state index is 0.534. The Morgan fingerprint density at radius 2 is 1.83 bits per heavy atom. The van der Waals surface area contributed by atoms with Gasteiger partial charge in [-0.15, -0.1) is 12.6 Å². The monoisotopic (exact) mass is 252 g/mol. The molecule has 2 heteroatoms. The summed E-state index contributed by atoms with van der Waals surface area (Å²) in [6.07, 6.45) is 0. The van der Waals surface area contributed by atoms with Gasteiger partial charge in [-0.05, 0) is 35.1 Å². The average Bonchev–Trinajstić information content (AvgIpc) is 2.68. The Labute approximate surface area is 115 Å². The number of hydrogen-bond acceptors (Lipinski definition) is 1. The van der Waals surface area contributed by atoms with E-state index in [4.69, 9.17) is 12.6 Å². The van der Waals surface area contributed by atoms with Crippen LogP contribution in [0.4, 0.5) is 0 Å². The molecule has 0 N–H and O–H groups in total. The highest BCUT2D eigenvalue weighted by Crippen LogP contribution is 2.31. The largest absolute Gasteiger partial charge is 0.195 e. The zero-order chi connectivity index (χ0) is 12.9. The zero-order valence-corrected chi connectivity index (χ0v) is 12.0. The number of hydrogen-bond donors (Lipinski definition) is 1. The fourth-order valence-corrected chi connectivity index (χ4v) is 3.77. The van der Waals surface area contributed by atoms with Gasteiger partial charge in [-0.3, -0.25) is 0 Å². The zero-order valence-electron chi connectivity index (χ0n) is 11.1. The van der Waals surface area contributed by atoms with Crippen LogP contribution in [0.5, 0.6) is 0 Å². The summed E-state index contributed by atoms with van der Waals surface area (Å²) >= 11 is 4.81. The van der Waals surface area contributed by atoms with Gasteiger partial charge in [0.2, 0.25) is 0 Å². The van der Waals surface area contributed by atoms with Crippen molar-refractivity contribution in [2.75, 3.05) is 0 Å². The molecule has 0 saturated carbocycles. The predicted molar refractivity (Wildman–Crippen MR) is 84.4 cm³/mol. The van der Waals surface area contributed by atoms with Gasteiger partial charge in [0.15, 0.2) is 7.28 Å². The molecular formula is C16H17BS. The first-order valence-electron chi connectivity index (χ1n) is 6.53. The van der Waals surface area contributed by atoms with Gasteiger partial charge in [0.25, 0.3) is 0 Å². The first-order chi connectivity index (χ1) is 8.59. The molecule has 0 spiro atoms. The smallest absolute Gasteiger partial charge is 0.144 e. The van der Waals surface area contributed by atoms with E-state index in [9.17, 15) is 0 Å². The quantitative estimate of drug-likeness (QED) is 0.499. The highest BCUT2D eigenvalue weighted by molar-refractivity contribution is 7.80. The van der Waals surface area contributed by atoms with Crippen molar-refractivity contribution >= 4 is 30.8 Å². The molecule has 1 aliphatic heterocycles. The van der Waals surface area contributed by atoms with Crippen LogP contribution in [-0.2, 0) is 0 Å². The molecule has 18 heavy (non-hydrogen) atoms. The molecule has 0 aliphatic carbocycles. The molecule has 1 aliphatic rings. The molecule has 0 aromatic heterocycles. The molecule has 0 fully saturated rings. The van der Waals surface area contributed by atoms with Gasteiger partial charge in [0, 0.05) is 4.90 Å². The average molecular weight is 252 g/mol. The van der Waals surface area contributed by atoms with Gasteiger partial charge in [-0.1, -0.05) is 55.1 Å². The minimum Gasteiger partial charge on any atom is -0.144 e. The maximum absolute atomic E-state index is 4.81. The molecule has 1 heterocycles. The van der Waals surface area contributed by atoms with E-state index in [-0.39, 0.29) is 0 Å². The summed E-state index contributed by atoms with van der Waals surface area (Å²) in [5, 5.41) is 0. The standard InChI is InChI=1S/C16H17BS/c1-9(2)14-10(3)8-12-11-6-4-5-7-13(11)17-15(12)16(14)18/h4-9,17-18H,1-3H3. The molecule has 0 bridgehead atoms. The number of rotatable bonds is 1. The van der Waals surface area contributed by atoms with Crippen molar-refractivity contribution in [2.24, 2.45) is 0 Å². The van der Waals surface area contributed by atoms with Crippen LogP contribution >= 0.6 is 12.6 Å². The summed E-state index contributed by atoms with van der Waals surface area (Å²) in [7, 11) is 1.03. The molecule has 3 rings (SSSR count). The molecular weight excluding hydrogens is 235 g/mol. The van der Waals surface area contributed by atoms with Crippen LogP contribution in [0.1, 0.15) is 30.9 Å². The van der Waals surface area contributed by atoms with Crippen molar-refractivity contribution in [1.82, 2.24) is 0 Å². The summed E-state index contributed by atoms with van der Waals surface area (Å²) in [5.74, 6) is 0.534. The fourth-order valence-electron chi connectivity index (χ4n) is 3.13. The molecule has 2 aromatic rings. The third-order valence-corrected chi connectivity index (χ3v) is 4.41. The van der Waals surface area contributed by atoms with Crippen LogP contribution in [-0.4, -0.2) is 7.28 Å². The Morgan fingerprint density at radius 1 is 1.11 bits per heavy atom. The Bertz CT molecular complexity index is 629. The van der Waals surface area contributed by atoms with Gasteiger partial charge in [0.05, 0.1) is 0 Å². The van der Waals surface area contributed by atoms with Crippen LogP contribution in [0.15, 0.2) is 35.2 Å². The summed E-state index contributed by atoms with van der Waals surface area (Å²) in [4.78, 5) is 1.20.